The molecule has 6 aliphatic carbocycles. The molecule has 0 nitrogen and oxygen atoms in total. The predicted molar refractivity (Wildman–Crippen MR) is 135 cm³/mol. The maximum Gasteiger partial charge on any atom is 4.00 e. The van der Waals surface area contributed by atoms with Crippen LogP contribution >= 0.6 is 0 Å². The topological polar surface area (TPSA) is 0 Å². The average Bonchev–Trinajstić information content (AvgIpc) is 3.26. The summed E-state index contributed by atoms with van der Waals surface area (Å²) < 4.78 is 0. The van der Waals surface area contributed by atoms with E-state index in [4.69, 9.17) is 0 Å². The van der Waals surface area contributed by atoms with E-state index in [1.54, 1.807) is 11.8 Å². The molecule has 0 N–H and O–H groups in total. The Bertz CT molecular complexity index is 946. The number of allylic oxidation sites excluding steroid dienone is 16. The molecule has 34 heavy (non-hydrogen) atoms. The monoisotopic (exact) mass is 582 g/mol. The summed E-state index contributed by atoms with van der Waals surface area (Å²) >= 11 is 0. The summed E-state index contributed by atoms with van der Waals surface area (Å²) in [5.41, 5.74) is 4.43. The fraction of sp³-hybridized carbons (Fsp3) is 0.400. The van der Waals surface area contributed by atoms with Gasteiger partial charge in [0.1, 0.15) is 0 Å². The Kier molecular flexibility index (Phi) is 8.52. The van der Waals surface area contributed by atoms with E-state index in [9.17, 15) is 0 Å². The average molecular weight is 585 g/mol. The number of hydrogen-bond acceptors (Lipinski definition) is 0. The molecule has 0 spiro atoms. The maximum atomic E-state index is 2.74. The second-order valence-corrected chi connectivity index (χ2v) is 16.1. The van der Waals surface area contributed by atoms with Gasteiger partial charge in [-0.05, 0) is 36.8 Å². The fourth-order valence-corrected chi connectivity index (χ4v) is 13.6. The zero-order valence-electron chi connectivity index (χ0n) is 20.5. The van der Waals surface area contributed by atoms with Gasteiger partial charge in [0.15, 0.2) is 0 Å². The molecule has 4 heteroatoms. The molecule has 0 aromatic heterocycles. The van der Waals surface area contributed by atoms with Gasteiger partial charge < -0.3 is 24.8 Å². The Morgan fingerprint density at radius 1 is 0.618 bits per heavy atom. The van der Waals surface area contributed by atoms with Crippen LogP contribution in [0.2, 0.25) is 24.2 Å². The molecule has 8 unspecified atom stereocenters. The molecular weight excluding hydrogens is 551 g/mol. The minimum absolute atomic E-state index is 0. The molecule has 0 heterocycles. The minimum Gasteiger partial charge on any atom is -1.00 e. The van der Waals surface area contributed by atoms with Crippen molar-refractivity contribution in [1.82, 2.24) is 0 Å². The van der Waals surface area contributed by atoms with Crippen molar-refractivity contribution >= 4 is 8.07 Å². The van der Waals surface area contributed by atoms with Crippen molar-refractivity contribution in [2.75, 3.05) is 0 Å². The van der Waals surface area contributed by atoms with Crippen LogP contribution in [0, 0.1) is 47.3 Å². The molecular formula is C30H34Cl2SiZr. The normalized spacial score (nSPS) is 38.0. The smallest absolute Gasteiger partial charge is 1.00 e. The standard InChI is InChI=1S/C30H34Si.2ClH.Zr/c1-19-13-15-23-21-9-5-7-11-25(21)29(27(23)17-19)31(3,4)30-26-12-8-6-10-22(26)24-16-14-20(2)18-28(24)30;;;/h5-18,23-30H,1-4H3;2*1H;/q-2;;;+4/p-2. The number of hydrogen-bond donors (Lipinski definition) is 0. The van der Waals surface area contributed by atoms with Crippen molar-refractivity contribution in [2.24, 2.45) is 35.5 Å². The van der Waals surface area contributed by atoms with Gasteiger partial charge in [0.2, 0.25) is 0 Å². The van der Waals surface area contributed by atoms with Gasteiger partial charge in [0, 0.05) is 0 Å². The summed E-state index contributed by atoms with van der Waals surface area (Å²) in [4.78, 5) is 0. The summed E-state index contributed by atoms with van der Waals surface area (Å²) in [5, 5.41) is 0. The Morgan fingerprint density at radius 2 is 1.03 bits per heavy atom. The van der Waals surface area contributed by atoms with E-state index in [-0.39, 0.29) is 51.0 Å². The quantitative estimate of drug-likeness (QED) is 0.342. The summed E-state index contributed by atoms with van der Waals surface area (Å²) in [6.07, 6.45) is 34.1. The third kappa shape index (κ3) is 4.15. The number of halogens is 2. The summed E-state index contributed by atoms with van der Waals surface area (Å²) in [6, 6.07) is 0. The van der Waals surface area contributed by atoms with Gasteiger partial charge in [-0.25, -0.2) is 36.1 Å². The van der Waals surface area contributed by atoms with Gasteiger partial charge >= 0.3 is 26.2 Å². The van der Waals surface area contributed by atoms with Crippen molar-refractivity contribution in [2.45, 2.75) is 38.0 Å². The number of fused-ring (bicyclic) bond motifs is 6. The summed E-state index contributed by atoms with van der Waals surface area (Å²) in [5.74, 6) is 7.09. The first kappa shape index (κ1) is 27.9. The number of rotatable bonds is 2. The van der Waals surface area contributed by atoms with Crippen molar-refractivity contribution in [3.63, 3.8) is 0 Å². The minimum atomic E-state index is -1.70. The van der Waals surface area contributed by atoms with E-state index in [0.717, 1.165) is 11.1 Å². The Hall–Kier alpha value is -0.660. The van der Waals surface area contributed by atoms with Gasteiger partial charge in [0.25, 0.3) is 0 Å². The van der Waals surface area contributed by atoms with Gasteiger partial charge in [0.05, 0.1) is 8.07 Å². The first-order chi connectivity index (χ1) is 15.0. The molecule has 0 aromatic rings. The van der Waals surface area contributed by atoms with Gasteiger partial charge in [-0.2, -0.15) is 0 Å². The third-order valence-corrected chi connectivity index (χ3v) is 14.1. The van der Waals surface area contributed by atoms with Crippen LogP contribution in [0.4, 0.5) is 0 Å². The molecule has 0 bridgehead atoms. The van der Waals surface area contributed by atoms with E-state index >= 15 is 0 Å². The molecule has 176 valence electrons. The van der Waals surface area contributed by atoms with Crippen molar-refractivity contribution in [3.8, 4) is 0 Å². The van der Waals surface area contributed by atoms with Crippen LogP contribution in [-0.2, 0) is 26.2 Å². The molecule has 0 amide bonds. The van der Waals surface area contributed by atoms with E-state index in [0.29, 0.717) is 35.5 Å². The fourth-order valence-electron chi connectivity index (χ4n) is 8.10. The van der Waals surface area contributed by atoms with Crippen molar-refractivity contribution in [3.05, 3.63) is 108 Å². The second-order valence-electron chi connectivity index (χ2n) is 11.2. The van der Waals surface area contributed by atoms with Crippen LogP contribution in [0.5, 0.6) is 0 Å². The van der Waals surface area contributed by atoms with Crippen LogP contribution in [0.3, 0.4) is 0 Å². The summed E-state index contributed by atoms with van der Waals surface area (Å²) in [6.45, 7) is 10.1. The van der Waals surface area contributed by atoms with Gasteiger partial charge in [-0.3, -0.25) is 0 Å². The second kappa shape index (κ2) is 10.4. The van der Waals surface area contributed by atoms with Crippen molar-refractivity contribution in [1.29, 1.82) is 0 Å². The molecule has 0 aliphatic heterocycles. The van der Waals surface area contributed by atoms with E-state index < -0.39 is 8.07 Å². The zero-order valence-corrected chi connectivity index (χ0v) is 25.4. The maximum absolute atomic E-state index is 2.74. The molecule has 6 aliphatic rings. The first-order valence-corrected chi connectivity index (χ1v) is 15.3. The molecule has 0 aromatic carbocycles. The predicted octanol–water partition coefficient (Wildman–Crippen LogP) is 1.60. The Balaban J connectivity index is 0.00000108. The van der Waals surface area contributed by atoms with Gasteiger partial charge in [-0.1, -0.05) is 84.4 Å². The van der Waals surface area contributed by atoms with Crippen molar-refractivity contribution < 1.29 is 51.0 Å². The molecule has 6 rings (SSSR count). The van der Waals surface area contributed by atoms with E-state index in [2.05, 4.69) is 112 Å². The van der Waals surface area contributed by atoms with Crippen LogP contribution in [-0.4, -0.2) is 8.07 Å². The van der Waals surface area contributed by atoms with E-state index in [1.807, 2.05) is 0 Å². The molecule has 8 atom stereocenters. The van der Waals surface area contributed by atoms with Gasteiger partial charge in [-0.15, -0.1) is 24.3 Å². The molecule has 2 saturated carbocycles. The van der Waals surface area contributed by atoms with Crippen LogP contribution in [0.15, 0.2) is 96.2 Å². The SMILES string of the molecule is CC1=CC2C(C=C1)[C-]1C=CC=CC1C2[Si](C)(C)C1C2C=CC=C[C-]2C2C=CC(C)=CC21.[Cl-].[Cl-].[Zr+4]. The molecule has 0 radical (unpaired) electrons. The Labute approximate surface area is 239 Å². The Morgan fingerprint density at radius 3 is 1.44 bits per heavy atom. The van der Waals surface area contributed by atoms with Crippen LogP contribution in [0.1, 0.15) is 13.8 Å². The summed E-state index contributed by atoms with van der Waals surface area (Å²) in [7, 11) is -1.70. The first-order valence-electron chi connectivity index (χ1n) is 12.1. The van der Waals surface area contributed by atoms with Crippen LogP contribution < -0.4 is 24.8 Å². The molecule has 2 fully saturated rings. The van der Waals surface area contributed by atoms with Crippen LogP contribution in [0.25, 0.3) is 0 Å². The third-order valence-electron chi connectivity index (χ3n) is 9.17. The van der Waals surface area contributed by atoms with E-state index in [1.165, 1.54) is 11.1 Å². The largest absolute Gasteiger partial charge is 4.00 e. The zero-order chi connectivity index (χ0) is 21.3. The molecule has 0 saturated heterocycles.